The number of fused-ring (bicyclic) bond motifs is 1. The van der Waals surface area contributed by atoms with Crippen molar-refractivity contribution >= 4 is 91.3 Å². The van der Waals surface area contributed by atoms with Crippen LogP contribution in [0.1, 0.15) is 0 Å². The first-order chi connectivity index (χ1) is 12.6. The molecule has 142 valence electrons. The van der Waals surface area contributed by atoms with Gasteiger partial charge >= 0.3 is 0 Å². The largest absolute Gasteiger partial charge is 0.506 e. The maximum Gasteiger partial charge on any atom is 0.296 e. The van der Waals surface area contributed by atoms with Crippen LogP contribution in [-0.2, 0) is 20.2 Å². The topological polar surface area (TPSA) is 154 Å². The predicted molar refractivity (Wildman–Crippen MR) is 102 cm³/mol. The minimum Gasteiger partial charge on any atom is -0.506 e. The average molecular weight is 546 g/mol. The fraction of sp³-hybridized carbons (Fsp3) is 0. The van der Waals surface area contributed by atoms with Crippen molar-refractivity contribution in [2.75, 3.05) is 0 Å². The summed E-state index contributed by atoms with van der Waals surface area (Å²) < 4.78 is 64.0. The molecule has 0 saturated heterocycles. The van der Waals surface area contributed by atoms with Gasteiger partial charge in [-0.1, -0.05) is 30.3 Å². The summed E-state index contributed by atoms with van der Waals surface area (Å²) in [4.78, 5) is -1.34. The van der Waals surface area contributed by atoms with Gasteiger partial charge in [-0.05, 0) is 29.7 Å². The van der Waals surface area contributed by atoms with Crippen molar-refractivity contribution in [3.05, 3.63) is 54.6 Å². The molecule has 3 rings (SSSR count). The molecule has 2 radical (unpaired) electrons. The molecule has 0 aliphatic carbocycles. The van der Waals surface area contributed by atoms with Gasteiger partial charge in [0.15, 0.2) is 0 Å². The quantitative estimate of drug-likeness (QED) is 0.259. The van der Waals surface area contributed by atoms with Crippen LogP contribution < -0.4 is 0 Å². The van der Waals surface area contributed by atoms with Crippen molar-refractivity contribution in [2.45, 2.75) is 9.79 Å². The zero-order valence-electron chi connectivity index (χ0n) is 14.1. The van der Waals surface area contributed by atoms with Gasteiger partial charge in [-0.3, -0.25) is 9.11 Å². The zero-order chi connectivity index (χ0) is 19.8. The number of phenolic OH excluding ortho intramolecular Hbond substituents is 1. The van der Waals surface area contributed by atoms with E-state index >= 15 is 0 Å². The van der Waals surface area contributed by atoms with Crippen molar-refractivity contribution in [1.29, 1.82) is 0 Å². The van der Waals surface area contributed by atoms with E-state index in [0.29, 0.717) is 5.39 Å². The molecule has 0 fully saturated rings. The Bertz CT molecular complexity index is 1290. The Hall–Kier alpha value is -1.29. The molecule has 0 aliphatic heterocycles. The molecule has 0 atom stereocenters. The van der Waals surface area contributed by atoms with Crippen LogP contribution in [0, 0.1) is 0 Å². The molecule has 0 spiro atoms. The molecule has 0 aliphatic rings. The van der Waals surface area contributed by atoms with Gasteiger partial charge in [0, 0.05) is 54.3 Å². The van der Waals surface area contributed by atoms with Gasteiger partial charge in [-0.25, -0.2) is 0 Å². The first-order valence-corrected chi connectivity index (χ1v) is 10.2. The molecule has 3 aromatic carbocycles. The molecule has 0 heterocycles. The van der Waals surface area contributed by atoms with Crippen LogP contribution in [0.2, 0.25) is 0 Å². The third-order valence-corrected chi connectivity index (χ3v) is 5.39. The van der Waals surface area contributed by atoms with Gasteiger partial charge in [0.25, 0.3) is 20.2 Å². The second-order valence-electron chi connectivity index (χ2n) is 5.43. The first-order valence-electron chi connectivity index (χ1n) is 7.29. The van der Waals surface area contributed by atoms with Crippen molar-refractivity contribution in [3.63, 3.8) is 0 Å². The van der Waals surface area contributed by atoms with Crippen molar-refractivity contribution < 1.29 is 31.0 Å². The Morgan fingerprint density at radius 3 is 2.11 bits per heavy atom. The summed E-state index contributed by atoms with van der Waals surface area (Å²) in [6, 6.07) is 12.2. The van der Waals surface area contributed by atoms with E-state index in [4.69, 9.17) is 4.55 Å². The van der Waals surface area contributed by atoms with Crippen LogP contribution in [0.25, 0.3) is 10.8 Å². The summed E-state index contributed by atoms with van der Waals surface area (Å²) in [6.45, 7) is 0. The van der Waals surface area contributed by atoms with Gasteiger partial charge in [0.05, 0.1) is 4.90 Å². The smallest absolute Gasteiger partial charge is 0.296 e. The molecule has 0 unspecified atom stereocenters. The van der Waals surface area contributed by atoms with E-state index in [1.54, 1.807) is 30.3 Å². The molecule has 12 heteroatoms. The Balaban J connectivity index is 0.00000280. The normalized spacial score (nSPS) is 12.2. The van der Waals surface area contributed by atoms with Gasteiger partial charge in [0.1, 0.15) is 22.0 Å². The minimum atomic E-state index is -4.75. The standard InChI is InChI=1S/C16H12N2O7S2.Ba/c19-14-7-5-10-3-1-2-4-12(10)16(14)18-17-13-9-11(26(20,21)22)6-8-15(13)27(23,24)25;/h1-9,19H,(H,20,21,22)(H,23,24,25);. The molecule has 28 heavy (non-hydrogen) atoms. The minimum absolute atomic E-state index is 0. The van der Waals surface area contributed by atoms with Crippen molar-refractivity contribution in [1.82, 2.24) is 0 Å². The fourth-order valence-corrected chi connectivity index (χ4v) is 3.51. The van der Waals surface area contributed by atoms with E-state index in [1.807, 2.05) is 0 Å². The molecular formula is C16H12BaN2O7S2. The van der Waals surface area contributed by atoms with Crippen LogP contribution in [0.15, 0.2) is 74.6 Å². The fourth-order valence-electron chi connectivity index (χ4n) is 2.41. The van der Waals surface area contributed by atoms with E-state index in [0.717, 1.165) is 23.6 Å². The number of hydrogen-bond donors (Lipinski definition) is 3. The van der Waals surface area contributed by atoms with Crippen LogP contribution in [0.5, 0.6) is 5.75 Å². The Morgan fingerprint density at radius 2 is 1.46 bits per heavy atom. The summed E-state index contributed by atoms with van der Waals surface area (Å²) in [6.07, 6.45) is 0. The second kappa shape index (κ2) is 8.61. The van der Waals surface area contributed by atoms with Crippen LogP contribution in [-0.4, -0.2) is 79.9 Å². The SMILES string of the molecule is O=S(=O)(O)c1ccc(S(=O)(=O)O)c(N=Nc2c(O)ccc3ccccc23)c1.[Ba]. The summed E-state index contributed by atoms with van der Waals surface area (Å²) in [5.41, 5.74) is -0.508. The van der Waals surface area contributed by atoms with Gasteiger partial charge in [-0.2, -0.15) is 16.8 Å². The number of phenols is 1. The zero-order valence-corrected chi connectivity index (χ0v) is 20.2. The average Bonchev–Trinajstić information content (AvgIpc) is 2.59. The maximum absolute atomic E-state index is 11.5. The molecular weight excluding hydrogens is 534 g/mol. The maximum atomic E-state index is 11.5. The number of nitrogens with zero attached hydrogens (tertiary/aromatic N) is 2. The van der Waals surface area contributed by atoms with Gasteiger partial charge in [0.2, 0.25) is 0 Å². The molecule has 0 saturated carbocycles. The number of benzene rings is 3. The van der Waals surface area contributed by atoms with Crippen molar-refractivity contribution in [3.8, 4) is 5.75 Å². The number of aromatic hydroxyl groups is 1. The second-order valence-corrected chi connectivity index (χ2v) is 8.25. The van der Waals surface area contributed by atoms with Gasteiger partial charge < -0.3 is 5.11 Å². The predicted octanol–water partition coefficient (Wildman–Crippen LogP) is 3.07. The van der Waals surface area contributed by atoms with Gasteiger partial charge in [-0.15, -0.1) is 10.2 Å². The summed E-state index contributed by atoms with van der Waals surface area (Å²) in [5, 5.41) is 18.8. The van der Waals surface area contributed by atoms with Crippen molar-refractivity contribution in [2.24, 2.45) is 10.2 Å². The Morgan fingerprint density at radius 1 is 0.786 bits per heavy atom. The monoisotopic (exact) mass is 546 g/mol. The Labute approximate surface area is 200 Å². The van der Waals surface area contributed by atoms with E-state index < -0.39 is 35.7 Å². The molecule has 3 aromatic rings. The molecule has 0 bridgehead atoms. The summed E-state index contributed by atoms with van der Waals surface area (Å²) in [7, 11) is -9.39. The first kappa shape index (κ1) is 23.0. The van der Waals surface area contributed by atoms with Crippen LogP contribution in [0.3, 0.4) is 0 Å². The van der Waals surface area contributed by atoms with Crippen LogP contribution >= 0.6 is 0 Å². The molecule has 3 N–H and O–H groups in total. The summed E-state index contributed by atoms with van der Waals surface area (Å²) >= 11 is 0. The third-order valence-electron chi connectivity index (χ3n) is 3.64. The molecule has 0 aromatic heterocycles. The molecule has 0 amide bonds. The van der Waals surface area contributed by atoms with E-state index in [-0.39, 0.29) is 60.3 Å². The van der Waals surface area contributed by atoms with E-state index in [1.165, 1.54) is 6.07 Å². The number of azo groups is 1. The van der Waals surface area contributed by atoms with E-state index in [2.05, 4.69) is 10.2 Å². The third kappa shape index (κ3) is 5.00. The number of hydrogen-bond acceptors (Lipinski definition) is 7. The number of rotatable bonds is 4. The van der Waals surface area contributed by atoms with Crippen LogP contribution in [0.4, 0.5) is 11.4 Å². The Kier molecular flexibility index (Phi) is 7.07. The van der Waals surface area contributed by atoms with E-state index in [9.17, 15) is 26.5 Å². The molecule has 9 nitrogen and oxygen atoms in total. The summed E-state index contributed by atoms with van der Waals surface area (Å²) in [5.74, 6) is -0.239.